The van der Waals surface area contributed by atoms with Crippen molar-refractivity contribution in [2.45, 2.75) is 102 Å². The predicted octanol–water partition coefficient (Wildman–Crippen LogP) is 3.66. The smallest absolute Gasteiger partial charge is 0.303 e. The first-order valence-electron chi connectivity index (χ1n) is 10.4. The van der Waals surface area contributed by atoms with Crippen molar-refractivity contribution in [3.8, 4) is 0 Å². The Balaban J connectivity index is 2.33. The van der Waals surface area contributed by atoms with Crippen LogP contribution < -0.4 is 0 Å². The Morgan fingerprint density at radius 2 is 1.73 bits per heavy atom. The number of aliphatic hydroxyl groups excluding tert-OH is 3. The summed E-state index contributed by atoms with van der Waals surface area (Å²) < 4.78 is 0. The number of hydrogen-bond donors (Lipinski definition) is 4. The van der Waals surface area contributed by atoms with E-state index >= 15 is 0 Å². The van der Waals surface area contributed by atoms with Gasteiger partial charge in [-0.1, -0.05) is 64.0 Å². The van der Waals surface area contributed by atoms with Crippen molar-refractivity contribution < 1.29 is 25.2 Å². The Hall–Kier alpha value is -0.910. The van der Waals surface area contributed by atoms with Crippen LogP contribution in [0.2, 0.25) is 0 Å². The van der Waals surface area contributed by atoms with E-state index in [1.165, 1.54) is 0 Å². The molecule has 1 aliphatic carbocycles. The summed E-state index contributed by atoms with van der Waals surface area (Å²) >= 11 is 0. The summed E-state index contributed by atoms with van der Waals surface area (Å²) in [5.74, 6) is -0.777. The zero-order chi connectivity index (χ0) is 19.4. The summed E-state index contributed by atoms with van der Waals surface area (Å²) in [5, 5.41) is 39.1. The monoisotopic (exact) mass is 370 g/mol. The predicted molar refractivity (Wildman–Crippen MR) is 103 cm³/mol. The van der Waals surface area contributed by atoms with Gasteiger partial charge in [0.05, 0.1) is 18.3 Å². The molecule has 0 spiro atoms. The third-order valence-corrected chi connectivity index (χ3v) is 5.50. The lowest BCUT2D eigenvalue weighted by molar-refractivity contribution is -0.137. The van der Waals surface area contributed by atoms with E-state index in [-0.39, 0.29) is 18.3 Å². The van der Waals surface area contributed by atoms with Crippen LogP contribution >= 0.6 is 0 Å². The average molecular weight is 371 g/mol. The number of aliphatic hydroxyl groups is 3. The van der Waals surface area contributed by atoms with E-state index < -0.39 is 24.3 Å². The zero-order valence-corrected chi connectivity index (χ0v) is 16.2. The summed E-state index contributed by atoms with van der Waals surface area (Å²) in [7, 11) is 0. The Morgan fingerprint density at radius 1 is 1.04 bits per heavy atom. The van der Waals surface area contributed by atoms with Gasteiger partial charge in [0, 0.05) is 18.8 Å². The van der Waals surface area contributed by atoms with Gasteiger partial charge in [-0.2, -0.15) is 0 Å². The lowest BCUT2D eigenvalue weighted by atomic mass is 9.87. The molecule has 0 aromatic rings. The zero-order valence-electron chi connectivity index (χ0n) is 16.2. The van der Waals surface area contributed by atoms with Crippen LogP contribution in [0, 0.1) is 11.8 Å². The number of carbonyl (C=O) groups is 1. The molecule has 0 radical (unpaired) electrons. The highest BCUT2D eigenvalue weighted by Crippen LogP contribution is 2.37. The van der Waals surface area contributed by atoms with Crippen molar-refractivity contribution in [1.82, 2.24) is 0 Å². The first-order valence-corrected chi connectivity index (χ1v) is 10.4. The minimum absolute atomic E-state index is 0.0445. The molecule has 0 amide bonds. The first-order chi connectivity index (χ1) is 12.5. The van der Waals surface area contributed by atoms with Crippen molar-refractivity contribution in [3.05, 3.63) is 12.2 Å². The molecule has 152 valence electrons. The summed E-state index contributed by atoms with van der Waals surface area (Å²) in [6.45, 7) is 2.13. The quantitative estimate of drug-likeness (QED) is 0.276. The van der Waals surface area contributed by atoms with Crippen LogP contribution in [-0.4, -0.2) is 44.7 Å². The summed E-state index contributed by atoms with van der Waals surface area (Å²) in [6.07, 6.45) is 12.4. The molecule has 1 fully saturated rings. The van der Waals surface area contributed by atoms with Gasteiger partial charge in [0.25, 0.3) is 0 Å². The summed E-state index contributed by atoms with van der Waals surface area (Å²) in [6, 6.07) is 0. The highest BCUT2D eigenvalue weighted by molar-refractivity contribution is 5.66. The van der Waals surface area contributed by atoms with Gasteiger partial charge in [-0.05, 0) is 25.2 Å². The van der Waals surface area contributed by atoms with Gasteiger partial charge < -0.3 is 20.4 Å². The minimum atomic E-state index is -0.737. The molecular formula is C21H38O5. The van der Waals surface area contributed by atoms with Crippen LogP contribution in [0.5, 0.6) is 0 Å². The number of carboxylic acid groups (broad SMARTS) is 1. The molecule has 5 atom stereocenters. The van der Waals surface area contributed by atoms with Crippen LogP contribution in [0.4, 0.5) is 0 Å². The molecule has 5 unspecified atom stereocenters. The number of aliphatic carboxylic acids is 1. The topological polar surface area (TPSA) is 98.0 Å². The van der Waals surface area contributed by atoms with E-state index in [1.807, 2.05) is 6.08 Å². The second kappa shape index (κ2) is 13.3. The molecule has 0 aliphatic heterocycles. The van der Waals surface area contributed by atoms with E-state index in [9.17, 15) is 20.1 Å². The van der Waals surface area contributed by atoms with E-state index in [1.54, 1.807) is 6.08 Å². The van der Waals surface area contributed by atoms with Crippen LogP contribution in [-0.2, 0) is 4.79 Å². The molecule has 5 nitrogen and oxygen atoms in total. The number of carboxylic acids is 1. The van der Waals surface area contributed by atoms with Crippen molar-refractivity contribution in [1.29, 1.82) is 0 Å². The summed E-state index contributed by atoms with van der Waals surface area (Å²) in [5.41, 5.74) is 0. The second-order valence-electron chi connectivity index (χ2n) is 7.76. The highest BCUT2D eigenvalue weighted by atomic mass is 16.4. The molecule has 1 aliphatic rings. The highest BCUT2D eigenvalue weighted by Gasteiger charge is 2.39. The fourth-order valence-electron chi connectivity index (χ4n) is 3.92. The minimum Gasteiger partial charge on any atom is -0.481 e. The van der Waals surface area contributed by atoms with E-state index in [0.29, 0.717) is 6.42 Å². The SMILES string of the molecule is CCCCCC(O)C=CC1C(O)CC(O)C1CCCCCCCC(=O)O. The van der Waals surface area contributed by atoms with E-state index in [0.717, 1.165) is 64.2 Å². The fourth-order valence-corrected chi connectivity index (χ4v) is 3.92. The average Bonchev–Trinajstić information content (AvgIpc) is 2.85. The number of hydrogen-bond acceptors (Lipinski definition) is 4. The van der Waals surface area contributed by atoms with Crippen molar-refractivity contribution in [3.63, 3.8) is 0 Å². The Morgan fingerprint density at radius 3 is 2.42 bits per heavy atom. The standard InChI is InChI=1S/C21H38O5/c1-2-3-7-10-16(22)13-14-18-17(19(23)15-20(18)24)11-8-5-4-6-9-12-21(25)26/h13-14,16-20,22-24H,2-12,15H2,1H3,(H,25,26). The van der Waals surface area contributed by atoms with Gasteiger partial charge in [-0.15, -0.1) is 0 Å². The van der Waals surface area contributed by atoms with Gasteiger partial charge in [0.15, 0.2) is 0 Å². The third kappa shape index (κ3) is 9.15. The van der Waals surface area contributed by atoms with Gasteiger partial charge in [-0.25, -0.2) is 0 Å². The molecular weight excluding hydrogens is 332 g/mol. The van der Waals surface area contributed by atoms with E-state index in [4.69, 9.17) is 5.11 Å². The summed E-state index contributed by atoms with van der Waals surface area (Å²) in [4.78, 5) is 10.5. The molecule has 0 aromatic carbocycles. The Labute approximate surface area is 158 Å². The molecule has 4 N–H and O–H groups in total. The normalized spacial score (nSPS) is 27.2. The van der Waals surface area contributed by atoms with Crippen molar-refractivity contribution >= 4 is 5.97 Å². The lowest BCUT2D eigenvalue weighted by Crippen LogP contribution is -2.21. The van der Waals surface area contributed by atoms with Gasteiger partial charge in [0.1, 0.15) is 0 Å². The molecule has 26 heavy (non-hydrogen) atoms. The number of unbranched alkanes of at least 4 members (excludes halogenated alkanes) is 6. The molecule has 5 heteroatoms. The first kappa shape index (κ1) is 23.1. The van der Waals surface area contributed by atoms with Crippen LogP contribution in [0.25, 0.3) is 0 Å². The van der Waals surface area contributed by atoms with Crippen molar-refractivity contribution in [2.75, 3.05) is 0 Å². The van der Waals surface area contributed by atoms with Gasteiger partial charge in [0.2, 0.25) is 0 Å². The van der Waals surface area contributed by atoms with Gasteiger partial charge >= 0.3 is 5.97 Å². The number of rotatable bonds is 14. The molecule has 1 rings (SSSR count). The Kier molecular flexibility index (Phi) is 11.8. The van der Waals surface area contributed by atoms with Crippen LogP contribution in [0.15, 0.2) is 12.2 Å². The van der Waals surface area contributed by atoms with Crippen LogP contribution in [0.1, 0.15) is 84.0 Å². The molecule has 0 heterocycles. The fraction of sp³-hybridized carbons (Fsp3) is 0.857. The lowest BCUT2D eigenvalue weighted by Gasteiger charge is -2.21. The van der Waals surface area contributed by atoms with Crippen molar-refractivity contribution in [2.24, 2.45) is 11.8 Å². The van der Waals surface area contributed by atoms with Gasteiger partial charge in [-0.3, -0.25) is 4.79 Å². The molecule has 0 bridgehead atoms. The third-order valence-electron chi connectivity index (χ3n) is 5.50. The second-order valence-corrected chi connectivity index (χ2v) is 7.76. The van der Waals surface area contributed by atoms with Crippen LogP contribution in [0.3, 0.4) is 0 Å². The molecule has 1 saturated carbocycles. The van der Waals surface area contributed by atoms with E-state index in [2.05, 4.69) is 6.92 Å². The largest absolute Gasteiger partial charge is 0.481 e. The maximum absolute atomic E-state index is 10.5. The molecule has 0 saturated heterocycles. The molecule has 0 aromatic heterocycles. The maximum Gasteiger partial charge on any atom is 0.303 e. The maximum atomic E-state index is 10.5. The Bertz CT molecular complexity index is 409.